The van der Waals surface area contributed by atoms with Gasteiger partial charge in [0.25, 0.3) is 0 Å². The highest BCUT2D eigenvalue weighted by Crippen LogP contribution is 2.32. The van der Waals surface area contributed by atoms with Crippen molar-refractivity contribution in [3.8, 4) is 0 Å². The SMILES string of the molecule is COC(=O)N1CCC(C(=O)O)CC1Cc1cc(F)cc(C(F)(F)F)c1. The maximum Gasteiger partial charge on any atom is 0.416 e. The number of carbonyl (C=O) groups is 2. The van der Waals surface area contributed by atoms with Gasteiger partial charge in [0.1, 0.15) is 5.82 Å². The van der Waals surface area contributed by atoms with Crippen molar-refractivity contribution in [3.05, 3.63) is 35.1 Å². The number of carboxylic acids is 1. The maximum atomic E-state index is 13.5. The van der Waals surface area contributed by atoms with Crippen LogP contribution in [0.5, 0.6) is 0 Å². The van der Waals surface area contributed by atoms with Gasteiger partial charge in [-0.1, -0.05) is 0 Å². The predicted octanol–water partition coefficient (Wildman–Crippen LogP) is 3.32. The number of piperidine rings is 1. The summed E-state index contributed by atoms with van der Waals surface area (Å²) < 4.78 is 56.7. The fourth-order valence-corrected chi connectivity index (χ4v) is 3.03. The van der Waals surface area contributed by atoms with Crippen molar-refractivity contribution >= 4 is 12.1 Å². The third-order valence-corrected chi connectivity index (χ3v) is 4.23. The van der Waals surface area contributed by atoms with E-state index in [9.17, 15) is 27.2 Å². The van der Waals surface area contributed by atoms with E-state index in [1.54, 1.807) is 0 Å². The maximum absolute atomic E-state index is 13.5. The first-order chi connectivity index (χ1) is 11.6. The van der Waals surface area contributed by atoms with Crippen molar-refractivity contribution in [3.63, 3.8) is 0 Å². The number of hydrogen-bond donors (Lipinski definition) is 1. The standard InChI is InChI=1S/C16H17F4NO4/c1-25-15(24)21-3-2-10(14(22)23)7-13(21)6-9-4-11(16(18,19)20)8-12(17)5-9/h4-5,8,10,13H,2-3,6-7H2,1H3,(H,22,23). The lowest BCUT2D eigenvalue weighted by molar-refractivity contribution is -0.144. The number of alkyl halides is 3. The lowest BCUT2D eigenvalue weighted by Crippen LogP contribution is -2.48. The molecule has 138 valence electrons. The number of likely N-dealkylation sites (tertiary alicyclic amines) is 1. The van der Waals surface area contributed by atoms with Crippen LogP contribution in [0.3, 0.4) is 0 Å². The molecule has 1 aromatic rings. The number of halogens is 4. The number of aliphatic carboxylic acids is 1. The Kier molecular flexibility index (Phi) is 5.54. The largest absolute Gasteiger partial charge is 0.481 e. The van der Waals surface area contributed by atoms with Gasteiger partial charge in [-0.3, -0.25) is 4.79 Å². The van der Waals surface area contributed by atoms with Gasteiger partial charge in [0, 0.05) is 12.6 Å². The molecule has 25 heavy (non-hydrogen) atoms. The normalized spacial score (nSPS) is 21.1. The lowest BCUT2D eigenvalue weighted by Gasteiger charge is -2.37. The molecule has 0 aliphatic carbocycles. The number of hydrogen-bond acceptors (Lipinski definition) is 3. The van der Waals surface area contributed by atoms with Crippen LogP contribution in [0.4, 0.5) is 22.4 Å². The molecule has 1 amide bonds. The van der Waals surface area contributed by atoms with Crippen LogP contribution in [-0.4, -0.2) is 41.8 Å². The van der Waals surface area contributed by atoms with E-state index in [-0.39, 0.29) is 31.4 Å². The molecule has 0 aromatic heterocycles. The van der Waals surface area contributed by atoms with Gasteiger partial charge in [0.05, 0.1) is 18.6 Å². The molecular weight excluding hydrogens is 346 g/mol. The van der Waals surface area contributed by atoms with Crippen LogP contribution in [0.25, 0.3) is 0 Å². The molecule has 1 saturated heterocycles. The number of benzene rings is 1. The monoisotopic (exact) mass is 363 g/mol. The van der Waals surface area contributed by atoms with E-state index in [1.165, 1.54) is 4.90 Å². The van der Waals surface area contributed by atoms with Crippen LogP contribution in [0.2, 0.25) is 0 Å². The fourth-order valence-electron chi connectivity index (χ4n) is 3.03. The van der Waals surface area contributed by atoms with E-state index in [4.69, 9.17) is 5.11 Å². The second-order valence-electron chi connectivity index (χ2n) is 5.93. The van der Waals surface area contributed by atoms with Gasteiger partial charge < -0.3 is 14.7 Å². The Balaban J connectivity index is 2.28. The third kappa shape index (κ3) is 4.61. The number of ether oxygens (including phenoxy) is 1. The van der Waals surface area contributed by atoms with Gasteiger partial charge in [0.15, 0.2) is 0 Å². The summed E-state index contributed by atoms with van der Waals surface area (Å²) in [5.41, 5.74) is -1.09. The summed E-state index contributed by atoms with van der Waals surface area (Å²) in [5, 5.41) is 9.16. The van der Waals surface area contributed by atoms with Gasteiger partial charge in [-0.2, -0.15) is 13.2 Å². The molecule has 1 heterocycles. The van der Waals surface area contributed by atoms with Crippen LogP contribution >= 0.6 is 0 Å². The minimum absolute atomic E-state index is 0.0391. The van der Waals surface area contributed by atoms with Crippen LogP contribution in [0.15, 0.2) is 18.2 Å². The Morgan fingerprint density at radius 3 is 2.56 bits per heavy atom. The summed E-state index contributed by atoms with van der Waals surface area (Å²) in [7, 11) is 1.16. The van der Waals surface area contributed by atoms with Crippen LogP contribution in [-0.2, 0) is 22.1 Å². The summed E-state index contributed by atoms with van der Waals surface area (Å²) in [4.78, 5) is 24.3. The molecule has 1 aromatic carbocycles. The molecule has 2 unspecified atom stereocenters. The molecule has 1 fully saturated rings. The summed E-state index contributed by atoms with van der Waals surface area (Å²) in [6.07, 6.45) is -5.21. The highest BCUT2D eigenvalue weighted by atomic mass is 19.4. The molecule has 0 spiro atoms. The zero-order valence-electron chi connectivity index (χ0n) is 13.3. The van der Waals surface area contributed by atoms with Crippen molar-refractivity contribution in [2.24, 2.45) is 5.92 Å². The number of carboxylic acid groups (broad SMARTS) is 1. The Hall–Kier alpha value is -2.32. The Morgan fingerprint density at radius 1 is 1.32 bits per heavy atom. The van der Waals surface area contributed by atoms with E-state index in [0.717, 1.165) is 19.2 Å². The molecule has 2 atom stereocenters. The van der Waals surface area contributed by atoms with Crippen LogP contribution < -0.4 is 0 Å². The quantitative estimate of drug-likeness (QED) is 0.837. The van der Waals surface area contributed by atoms with E-state index < -0.39 is 41.6 Å². The highest BCUT2D eigenvalue weighted by molar-refractivity contribution is 5.72. The Morgan fingerprint density at radius 2 is 2.00 bits per heavy atom. The van der Waals surface area contributed by atoms with Crippen molar-refractivity contribution in [2.45, 2.75) is 31.5 Å². The van der Waals surface area contributed by atoms with Gasteiger partial charge in [-0.05, 0) is 43.0 Å². The molecule has 1 N–H and O–H groups in total. The molecule has 1 aliphatic heterocycles. The van der Waals surface area contributed by atoms with Crippen LogP contribution in [0, 0.1) is 11.7 Å². The highest BCUT2D eigenvalue weighted by Gasteiger charge is 2.36. The van der Waals surface area contributed by atoms with Crippen molar-refractivity contribution in [1.82, 2.24) is 4.90 Å². The number of nitrogens with zero attached hydrogens (tertiary/aromatic N) is 1. The summed E-state index contributed by atoms with van der Waals surface area (Å²) in [6.45, 7) is 0.107. The summed E-state index contributed by atoms with van der Waals surface area (Å²) in [6, 6.07) is 1.46. The Bertz CT molecular complexity index is 662. The van der Waals surface area contributed by atoms with Crippen molar-refractivity contribution in [1.29, 1.82) is 0 Å². The number of carbonyl (C=O) groups excluding carboxylic acids is 1. The first-order valence-electron chi connectivity index (χ1n) is 7.56. The average molecular weight is 363 g/mol. The molecule has 5 nitrogen and oxygen atoms in total. The molecule has 9 heteroatoms. The summed E-state index contributed by atoms with van der Waals surface area (Å²) in [5.74, 6) is -2.80. The zero-order chi connectivity index (χ0) is 18.8. The zero-order valence-corrected chi connectivity index (χ0v) is 13.3. The number of rotatable bonds is 3. The van der Waals surface area contributed by atoms with E-state index >= 15 is 0 Å². The van der Waals surface area contributed by atoms with E-state index in [2.05, 4.69) is 4.74 Å². The fraction of sp³-hybridized carbons (Fsp3) is 0.500. The number of methoxy groups -OCH3 is 1. The third-order valence-electron chi connectivity index (χ3n) is 4.23. The van der Waals surface area contributed by atoms with Gasteiger partial charge in [0.2, 0.25) is 0 Å². The summed E-state index contributed by atoms with van der Waals surface area (Å²) >= 11 is 0. The minimum atomic E-state index is -4.70. The van der Waals surface area contributed by atoms with Gasteiger partial charge in [-0.15, -0.1) is 0 Å². The van der Waals surface area contributed by atoms with Gasteiger partial charge in [-0.25, -0.2) is 9.18 Å². The predicted molar refractivity (Wildman–Crippen MR) is 78.4 cm³/mol. The second kappa shape index (κ2) is 7.28. The molecular formula is C16H17F4NO4. The second-order valence-corrected chi connectivity index (χ2v) is 5.93. The van der Waals surface area contributed by atoms with Crippen LogP contribution in [0.1, 0.15) is 24.0 Å². The molecule has 1 aliphatic rings. The van der Waals surface area contributed by atoms with E-state index in [0.29, 0.717) is 6.07 Å². The first kappa shape index (κ1) is 19.0. The number of amides is 1. The minimum Gasteiger partial charge on any atom is -0.481 e. The average Bonchev–Trinajstić information content (AvgIpc) is 2.52. The van der Waals surface area contributed by atoms with Crippen molar-refractivity contribution < 1.29 is 37.0 Å². The molecule has 0 saturated carbocycles. The molecule has 0 bridgehead atoms. The first-order valence-corrected chi connectivity index (χ1v) is 7.56. The topological polar surface area (TPSA) is 66.8 Å². The Labute approximate surface area is 141 Å². The van der Waals surface area contributed by atoms with Crippen molar-refractivity contribution in [2.75, 3.05) is 13.7 Å². The lowest BCUT2D eigenvalue weighted by atomic mass is 9.87. The van der Waals surface area contributed by atoms with E-state index in [1.807, 2.05) is 0 Å². The molecule has 0 radical (unpaired) electrons. The molecule has 2 rings (SSSR count). The van der Waals surface area contributed by atoms with Gasteiger partial charge >= 0.3 is 18.2 Å². The smallest absolute Gasteiger partial charge is 0.416 e.